The zero-order valence-corrected chi connectivity index (χ0v) is 14.8. The Balaban J connectivity index is 1.54. The number of benzene rings is 1. The van der Waals surface area contributed by atoms with Crippen molar-refractivity contribution >= 4 is 21.9 Å². The molecule has 1 aliphatic rings. The van der Waals surface area contributed by atoms with Crippen LogP contribution < -0.4 is 10.4 Å². The van der Waals surface area contributed by atoms with Gasteiger partial charge in [0.05, 0.1) is 23.1 Å². The third kappa shape index (κ3) is 3.18. The van der Waals surface area contributed by atoms with Gasteiger partial charge in [0.1, 0.15) is 29.6 Å². The molecule has 2 aromatic heterocycles. The normalized spacial score (nSPS) is 19.8. The van der Waals surface area contributed by atoms with E-state index in [9.17, 15) is 4.79 Å². The smallest absolute Gasteiger partial charge is 0.336 e. The van der Waals surface area contributed by atoms with E-state index in [0.717, 1.165) is 22.8 Å². The Morgan fingerprint density at radius 1 is 1.23 bits per heavy atom. The third-order valence-electron chi connectivity index (χ3n) is 4.56. The second-order valence-corrected chi connectivity index (χ2v) is 6.71. The summed E-state index contributed by atoms with van der Waals surface area (Å²) in [6, 6.07) is 6.67. The lowest BCUT2D eigenvalue weighted by Gasteiger charge is -2.09. The molecule has 0 spiro atoms. The maximum atomic E-state index is 11.5. The fourth-order valence-corrected chi connectivity index (χ4v) is 3.17. The van der Waals surface area contributed by atoms with Gasteiger partial charge in [-0.1, -0.05) is 12.2 Å². The first-order valence-corrected chi connectivity index (χ1v) is 8.56. The predicted octanol–water partition coefficient (Wildman–Crippen LogP) is 4.60. The lowest BCUT2D eigenvalue weighted by atomic mass is 10.1. The van der Waals surface area contributed by atoms with Gasteiger partial charge >= 0.3 is 5.63 Å². The van der Waals surface area contributed by atoms with Gasteiger partial charge in [0.2, 0.25) is 0 Å². The predicted molar refractivity (Wildman–Crippen MR) is 99.6 cm³/mol. The van der Waals surface area contributed by atoms with E-state index in [2.05, 4.69) is 13.5 Å². The molecule has 5 nitrogen and oxygen atoms in total. The fourth-order valence-electron chi connectivity index (χ4n) is 3.17. The van der Waals surface area contributed by atoms with Crippen molar-refractivity contribution in [1.29, 1.82) is 0 Å². The summed E-state index contributed by atoms with van der Waals surface area (Å²) in [5.41, 5.74) is 2.94. The lowest BCUT2D eigenvalue weighted by molar-refractivity contribution is 0.366. The molecule has 4 rings (SSSR count). The molecule has 0 unspecified atom stereocenters. The first-order chi connectivity index (χ1) is 12.5. The molecule has 0 N–H and O–H groups in total. The summed E-state index contributed by atoms with van der Waals surface area (Å²) in [4.78, 5) is 11.5. The molecule has 2 atom stereocenters. The molecular weight excluding hydrogens is 332 g/mol. The highest BCUT2D eigenvalue weighted by Gasteiger charge is 2.38. The molecule has 0 amide bonds. The topological polar surface area (TPSA) is 65.1 Å². The average molecular weight is 352 g/mol. The average Bonchev–Trinajstić information content (AvgIpc) is 3.20. The van der Waals surface area contributed by atoms with E-state index in [1.54, 1.807) is 18.4 Å². The van der Waals surface area contributed by atoms with Crippen LogP contribution in [0.5, 0.6) is 5.75 Å². The summed E-state index contributed by atoms with van der Waals surface area (Å²) in [6.07, 6.45) is 4.92. The molecule has 26 heavy (non-hydrogen) atoms. The summed E-state index contributed by atoms with van der Waals surface area (Å²) in [5.74, 6) is 0.654. The molecule has 0 saturated carbocycles. The molecule has 1 fully saturated rings. The van der Waals surface area contributed by atoms with Crippen LogP contribution in [0.2, 0.25) is 0 Å². The highest BCUT2D eigenvalue weighted by atomic mass is 16.6. The van der Waals surface area contributed by atoms with E-state index in [4.69, 9.17) is 18.3 Å². The molecule has 5 heteroatoms. The number of ether oxygens (including phenoxy) is 2. The van der Waals surface area contributed by atoms with Crippen molar-refractivity contribution in [3.8, 4) is 5.75 Å². The van der Waals surface area contributed by atoms with Crippen LogP contribution >= 0.6 is 0 Å². The second kappa shape index (κ2) is 6.50. The van der Waals surface area contributed by atoms with E-state index in [-0.39, 0.29) is 12.2 Å². The summed E-state index contributed by atoms with van der Waals surface area (Å²) in [6.45, 7) is 8.39. The fraction of sp³-hybridized carbons (Fsp3) is 0.286. The molecule has 1 aliphatic heterocycles. The summed E-state index contributed by atoms with van der Waals surface area (Å²) in [7, 11) is 0. The van der Waals surface area contributed by atoms with Gasteiger partial charge in [-0.15, -0.1) is 0 Å². The minimum atomic E-state index is -0.401. The van der Waals surface area contributed by atoms with E-state index >= 15 is 0 Å². The maximum absolute atomic E-state index is 11.5. The number of rotatable bonds is 6. The summed E-state index contributed by atoms with van der Waals surface area (Å²) < 4.78 is 22.3. The SMILES string of the molecule is C=C(C)[C@@H]1O[C@@H]1C/C(C)=C/COc1c2ccoc2cc2oc(=O)ccc12. The van der Waals surface area contributed by atoms with Crippen LogP contribution in [0.25, 0.3) is 21.9 Å². The van der Waals surface area contributed by atoms with Crippen LogP contribution in [0.3, 0.4) is 0 Å². The molecule has 0 bridgehead atoms. The third-order valence-corrected chi connectivity index (χ3v) is 4.56. The van der Waals surface area contributed by atoms with E-state index in [1.807, 2.05) is 19.1 Å². The van der Waals surface area contributed by atoms with E-state index in [1.165, 1.54) is 11.6 Å². The number of epoxide rings is 1. The van der Waals surface area contributed by atoms with Crippen LogP contribution in [0.1, 0.15) is 20.3 Å². The molecule has 3 heterocycles. The van der Waals surface area contributed by atoms with Gasteiger partial charge in [-0.3, -0.25) is 0 Å². The zero-order valence-electron chi connectivity index (χ0n) is 14.8. The van der Waals surface area contributed by atoms with Crippen molar-refractivity contribution in [2.45, 2.75) is 32.5 Å². The van der Waals surface area contributed by atoms with Crippen molar-refractivity contribution in [2.24, 2.45) is 0 Å². The Bertz CT molecular complexity index is 1070. The number of hydrogen-bond acceptors (Lipinski definition) is 5. The Hall–Kier alpha value is -2.79. The largest absolute Gasteiger partial charge is 0.488 e. The Morgan fingerprint density at radius 3 is 2.81 bits per heavy atom. The van der Waals surface area contributed by atoms with Crippen LogP contribution in [-0.4, -0.2) is 18.8 Å². The maximum Gasteiger partial charge on any atom is 0.336 e. The van der Waals surface area contributed by atoms with Crippen molar-refractivity contribution in [3.63, 3.8) is 0 Å². The zero-order chi connectivity index (χ0) is 18.3. The minimum absolute atomic E-state index is 0.186. The monoisotopic (exact) mass is 352 g/mol. The minimum Gasteiger partial charge on any atom is -0.488 e. The van der Waals surface area contributed by atoms with Crippen molar-refractivity contribution in [2.75, 3.05) is 6.61 Å². The van der Waals surface area contributed by atoms with E-state index < -0.39 is 5.63 Å². The highest BCUT2D eigenvalue weighted by Crippen LogP contribution is 2.35. The van der Waals surface area contributed by atoms with E-state index in [0.29, 0.717) is 23.5 Å². The van der Waals surface area contributed by atoms with Crippen molar-refractivity contribution < 1.29 is 18.3 Å². The van der Waals surface area contributed by atoms with Gasteiger partial charge < -0.3 is 18.3 Å². The molecule has 0 aliphatic carbocycles. The van der Waals surface area contributed by atoms with Crippen LogP contribution in [0.4, 0.5) is 0 Å². The summed E-state index contributed by atoms with van der Waals surface area (Å²) in [5, 5.41) is 1.60. The number of hydrogen-bond donors (Lipinski definition) is 0. The van der Waals surface area contributed by atoms with Gasteiger partial charge in [0.15, 0.2) is 0 Å². The molecular formula is C21H20O5. The lowest BCUT2D eigenvalue weighted by Crippen LogP contribution is -2.00. The van der Waals surface area contributed by atoms with Crippen molar-refractivity contribution in [3.05, 3.63) is 64.7 Å². The standard InChI is InChI=1S/C21H20O5/c1-12(2)20-18(26-20)10-13(3)6-8-24-21-14-4-5-19(22)25-17(14)11-16-15(21)7-9-23-16/h4-7,9,11,18,20H,1,8,10H2,2-3H3/b13-6+/t18-,20+/m1/s1. The van der Waals surface area contributed by atoms with Gasteiger partial charge in [0.25, 0.3) is 0 Å². The van der Waals surface area contributed by atoms with Crippen LogP contribution in [-0.2, 0) is 4.74 Å². The quantitative estimate of drug-likeness (QED) is 0.368. The molecule has 3 aromatic rings. The van der Waals surface area contributed by atoms with Gasteiger partial charge in [-0.05, 0) is 44.1 Å². The van der Waals surface area contributed by atoms with Crippen LogP contribution in [0.15, 0.2) is 68.0 Å². The van der Waals surface area contributed by atoms with Crippen molar-refractivity contribution in [1.82, 2.24) is 0 Å². The first-order valence-electron chi connectivity index (χ1n) is 8.56. The number of fused-ring (bicyclic) bond motifs is 2. The van der Waals surface area contributed by atoms with Gasteiger partial charge in [-0.2, -0.15) is 0 Å². The number of furan rings is 1. The Morgan fingerprint density at radius 2 is 2.04 bits per heavy atom. The Kier molecular flexibility index (Phi) is 4.17. The highest BCUT2D eigenvalue weighted by molar-refractivity contribution is 6.01. The van der Waals surface area contributed by atoms with Gasteiger partial charge in [-0.25, -0.2) is 4.79 Å². The first kappa shape index (κ1) is 16.7. The van der Waals surface area contributed by atoms with Gasteiger partial charge in [0, 0.05) is 12.1 Å². The molecule has 1 saturated heterocycles. The summed E-state index contributed by atoms with van der Waals surface area (Å²) >= 11 is 0. The van der Waals surface area contributed by atoms with Crippen LogP contribution in [0, 0.1) is 0 Å². The molecule has 0 radical (unpaired) electrons. The molecule has 1 aromatic carbocycles. The Labute approximate surface area is 150 Å². The second-order valence-electron chi connectivity index (χ2n) is 6.71. The molecule has 134 valence electrons.